The maximum atomic E-state index is 11.8. The third-order valence-electron chi connectivity index (χ3n) is 2.41. The molecule has 5 nitrogen and oxygen atoms in total. The molecule has 0 aliphatic heterocycles. The molecule has 2 rings (SSSR count). The van der Waals surface area contributed by atoms with Crippen molar-refractivity contribution in [2.75, 3.05) is 5.32 Å². The fourth-order valence-electron chi connectivity index (χ4n) is 1.55. The molecule has 0 saturated heterocycles. The Kier molecular flexibility index (Phi) is 4.86. The molecule has 1 amide bonds. The third-order valence-corrected chi connectivity index (χ3v) is 3.74. The Labute approximate surface area is 127 Å². The van der Waals surface area contributed by atoms with E-state index in [1.54, 1.807) is 5.38 Å². The van der Waals surface area contributed by atoms with Gasteiger partial charge in [0.15, 0.2) is 5.13 Å². The summed E-state index contributed by atoms with van der Waals surface area (Å²) in [6, 6.07) is 7.47. The fourth-order valence-corrected chi connectivity index (χ4v) is 2.54. The van der Waals surface area contributed by atoms with Gasteiger partial charge in [-0.2, -0.15) is 0 Å². The monoisotopic (exact) mass is 354 g/mol. The number of nitrogens with zero attached hydrogens (tertiary/aromatic N) is 1. The van der Waals surface area contributed by atoms with Crippen LogP contribution in [0.5, 0.6) is 0 Å². The zero-order chi connectivity index (χ0) is 14.5. The van der Waals surface area contributed by atoms with Crippen molar-refractivity contribution in [3.05, 3.63) is 45.4 Å². The smallest absolute Gasteiger partial charge is 0.309 e. The Morgan fingerprint density at radius 2 is 1.95 bits per heavy atom. The Morgan fingerprint density at radius 1 is 1.25 bits per heavy atom. The number of anilines is 1. The van der Waals surface area contributed by atoms with E-state index in [9.17, 15) is 9.59 Å². The lowest BCUT2D eigenvalue weighted by Crippen LogP contribution is -2.14. The molecule has 0 aliphatic rings. The highest BCUT2D eigenvalue weighted by molar-refractivity contribution is 9.10. The lowest BCUT2D eigenvalue weighted by Gasteiger charge is -2.02. The van der Waals surface area contributed by atoms with Gasteiger partial charge in [0.05, 0.1) is 18.5 Å². The van der Waals surface area contributed by atoms with Crippen molar-refractivity contribution in [2.45, 2.75) is 12.8 Å². The molecule has 0 fully saturated rings. The van der Waals surface area contributed by atoms with E-state index in [0.29, 0.717) is 10.8 Å². The molecule has 1 aromatic carbocycles. The van der Waals surface area contributed by atoms with Crippen molar-refractivity contribution in [1.29, 1.82) is 0 Å². The summed E-state index contributed by atoms with van der Waals surface area (Å²) in [5.74, 6) is -1.12. The molecule has 1 heterocycles. The summed E-state index contributed by atoms with van der Waals surface area (Å²) in [5.41, 5.74) is 1.34. The first-order chi connectivity index (χ1) is 9.52. The second-order valence-corrected chi connectivity index (χ2v) is 5.84. The molecule has 7 heteroatoms. The molecule has 1 aromatic heterocycles. The first-order valence-electron chi connectivity index (χ1n) is 5.73. The van der Waals surface area contributed by atoms with Crippen LogP contribution >= 0.6 is 27.3 Å². The van der Waals surface area contributed by atoms with Crippen LogP contribution in [0, 0.1) is 0 Å². The van der Waals surface area contributed by atoms with Gasteiger partial charge in [-0.25, -0.2) is 4.98 Å². The van der Waals surface area contributed by atoms with Crippen molar-refractivity contribution in [3.8, 4) is 0 Å². The van der Waals surface area contributed by atoms with Crippen LogP contribution < -0.4 is 5.32 Å². The Morgan fingerprint density at radius 3 is 2.60 bits per heavy atom. The highest BCUT2D eigenvalue weighted by Crippen LogP contribution is 2.17. The SMILES string of the molecule is O=C(O)Cc1csc(NC(=O)Cc2ccc(Br)cc2)n1. The normalized spacial score (nSPS) is 10.2. The number of thiazole rings is 1. The lowest BCUT2D eigenvalue weighted by atomic mass is 10.1. The van der Waals surface area contributed by atoms with Crippen molar-refractivity contribution < 1.29 is 14.7 Å². The predicted octanol–water partition coefficient (Wildman–Crippen LogP) is 2.71. The van der Waals surface area contributed by atoms with Gasteiger partial charge in [0.1, 0.15) is 0 Å². The number of halogens is 1. The zero-order valence-corrected chi connectivity index (χ0v) is 12.7. The molecule has 104 valence electrons. The standard InChI is InChI=1S/C13H11BrN2O3S/c14-9-3-1-8(2-4-9)5-11(17)16-13-15-10(7-20-13)6-12(18)19/h1-4,7H,5-6H2,(H,18,19)(H,15,16,17). The number of rotatable bonds is 5. The van der Waals surface area contributed by atoms with Gasteiger partial charge in [-0.3, -0.25) is 9.59 Å². The molecule has 0 unspecified atom stereocenters. The molecule has 20 heavy (non-hydrogen) atoms. The van der Waals surface area contributed by atoms with E-state index in [2.05, 4.69) is 26.2 Å². The second-order valence-electron chi connectivity index (χ2n) is 4.07. The summed E-state index contributed by atoms with van der Waals surface area (Å²) in [6.45, 7) is 0. The van der Waals surface area contributed by atoms with Gasteiger partial charge in [-0.05, 0) is 17.7 Å². The number of aromatic nitrogens is 1. The van der Waals surface area contributed by atoms with Crippen molar-refractivity contribution in [1.82, 2.24) is 4.98 Å². The average molecular weight is 355 g/mol. The minimum Gasteiger partial charge on any atom is -0.481 e. The summed E-state index contributed by atoms with van der Waals surface area (Å²) < 4.78 is 0.958. The van der Waals surface area contributed by atoms with Gasteiger partial charge in [-0.15, -0.1) is 11.3 Å². The van der Waals surface area contributed by atoms with E-state index >= 15 is 0 Å². The molecular weight excluding hydrogens is 344 g/mol. The molecular formula is C13H11BrN2O3S. The van der Waals surface area contributed by atoms with Crippen LogP contribution in [0.4, 0.5) is 5.13 Å². The molecule has 0 spiro atoms. The maximum Gasteiger partial charge on any atom is 0.309 e. The Bertz CT molecular complexity index is 625. The van der Waals surface area contributed by atoms with Crippen LogP contribution in [0.2, 0.25) is 0 Å². The summed E-state index contributed by atoms with van der Waals surface area (Å²) >= 11 is 4.55. The lowest BCUT2D eigenvalue weighted by molar-refractivity contribution is -0.136. The predicted molar refractivity (Wildman–Crippen MR) is 79.9 cm³/mol. The number of hydrogen-bond acceptors (Lipinski definition) is 4. The van der Waals surface area contributed by atoms with E-state index in [1.807, 2.05) is 24.3 Å². The van der Waals surface area contributed by atoms with Crippen molar-refractivity contribution in [2.24, 2.45) is 0 Å². The summed E-state index contributed by atoms with van der Waals surface area (Å²) in [6.07, 6.45) is 0.111. The van der Waals surface area contributed by atoms with E-state index in [-0.39, 0.29) is 18.7 Å². The summed E-state index contributed by atoms with van der Waals surface area (Å²) in [5, 5.41) is 13.4. The maximum absolute atomic E-state index is 11.8. The van der Waals surface area contributed by atoms with Gasteiger partial charge in [0.2, 0.25) is 5.91 Å². The first-order valence-corrected chi connectivity index (χ1v) is 7.40. The zero-order valence-electron chi connectivity index (χ0n) is 10.3. The number of aliphatic carboxylic acids is 1. The van der Waals surface area contributed by atoms with Gasteiger partial charge in [0.25, 0.3) is 0 Å². The minimum absolute atomic E-state index is 0.140. The van der Waals surface area contributed by atoms with Gasteiger partial charge < -0.3 is 10.4 Å². The molecule has 0 atom stereocenters. The van der Waals surface area contributed by atoms with Gasteiger partial charge >= 0.3 is 5.97 Å². The number of carbonyl (C=O) groups excluding carboxylic acids is 1. The highest BCUT2D eigenvalue weighted by Gasteiger charge is 2.09. The fraction of sp³-hybridized carbons (Fsp3) is 0.154. The van der Waals surface area contributed by atoms with Gasteiger partial charge in [-0.1, -0.05) is 28.1 Å². The van der Waals surface area contributed by atoms with Crippen molar-refractivity contribution >= 4 is 44.3 Å². The van der Waals surface area contributed by atoms with E-state index < -0.39 is 5.97 Å². The molecule has 0 radical (unpaired) electrons. The topological polar surface area (TPSA) is 79.3 Å². The largest absolute Gasteiger partial charge is 0.481 e. The molecule has 2 aromatic rings. The number of carboxylic acids is 1. The van der Waals surface area contributed by atoms with Crippen LogP contribution in [0.3, 0.4) is 0 Å². The van der Waals surface area contributed by atoms with E-state index in [0.717, 1.165) is 10.0 Å². The van der Waals surface area contributed by atoms with Crippen LogP contribution in [0.1, 0.15) is 11.3 Å². The third kappa shape index (κ3) is 4.43. The molecule has 0 aliphatic carbocycles. The minimum atomic E-state index is -0.942. The summed E-state index contributed by atoms with van der Waals surface area (Å²) in [7, 11) is 0. The highest BCUT2D eigenvalue weighted by atomic mass is 79.9. The number of carbonyl (C=O) groups is 2. The Balaban J connectivity index is 1.92. The van der Waals surface area contributed by atoms with Crippen LogP contribution in [-0.4, -0.2) is 22.0 Å². The van der Waals surface area contributed by atoms with Crippen molar-refractivity contribution in [3.63, 3.8) is 0 Å². The van der Waals surface area contributed by atoms with Crippen LogP contribution in [-0.2, 0) is 22.4 Å². The molecule has 0 saturated carbocycles. The van der Waals surface area contributed by atoms with Crippen LogP contribution in [0.25, 0.3) is 0 Å². The average Bonchev–Trinajstić information content (AvgIpc) is 2.78. The Hall–Kier alpha value is -1.73. The number of nitrogens with one attached hydrogen (secondary N) is 1. The van der Waals surface area contributed by atoms with E-state index in [1.165, 1.54) is 11.3 Å². The van der Waals surface area contributed by atoms with E-state index in [4.69, 9.17) is 5.11 Å². The number of hydrogen-bond donors (Lipinski definition) is 2. The first kappa shape index (κ1) is 14.7. The number of carboxylic acid groups (broad SMARTS) is 1. The number of benzene rings is 1. The summed E-state index contributed by atoms with van der Waals surface area (Å²) in [4.78, 5) is 26.4. The molecule has 2 N–H and O–H groups in total. The van der Waals surface area contributed by atoms with Gasteiger partial charge in [0, 0.05) is 9.85 Å². The molecule has 0 bridgehead atoms. The van der Waals surface area contributed by atoms with Crippen LogP contribution in [0.15, 0.2) is 34.1 Å². The number of amides is 1. The quantitative estimate of drug-likeness (QED) is 0.864. The second kappa shape index (κ2) is 6.62.